The summed E-state index contributed by atoms with van der Waals surface area (Å²) in [5.41, 5.74) is 7.09. The van der Waals surface area contributed by atoms with Gasteiger partial charge in [0.25, 0.3) is 0 Å². The lowest BCUT2D eigenvalue weighted by molar-refractivity contribution is 0.400. The molecule has 2 heterocycles. The summed E-state index contributed by atoms with van der Waals surface area (Å²) in [6, 6.07) is 11.1. The van der Waals surface area contributed by atoms with Crippen molar-refractivity contribution in [3.05, 3.63) is 52.2 Å². The Hall–Kier alpha value is -1.37. The first-order valence-corrected chi connectivity index (χ1v) is 9.43. The molecule has 1 aromatic heterocycles. The summed E-state index contributed by atoms with van der Waals surface area (Å²) in [6.07, 6.45) is 1.80. The van der Waals surface area contributed by atoms with Crippen LogP contribution < -0.4 is 5.73 Å². The lowest BCUT2D eigenvalue weighted by Gasteiger charge is -2.23. The van der Waals surface area contributed by atoms with Gasteiger partial charge in [0.15, 0.2) is 0 Å². The van der Waals surface area contributed by atoms with Crippen LogP contribution in [0.4, 0.5) is 5.69 Å². The van der Waals surface area contributed by atoms with Crippen LogP contribution in [0.25, 0.3) is 0 Å². The van der Waals surface area contributed by atoms with E-state index in [0.29, 0.717) is 17.8 Å². The Kier molecular flexibility index (Phi) is 4.01. The highest BCUT2D eigenvalue weighted by molar-refractivity contribution is 7.88. The molecule has 1 aliphatic rings. The summed E-state index contributed by atoms with van der Waals surface area (Å²) in [5, 5.41) is 1.99. The van der Waals surface area contributed by atoms with Gasteiger partial charge in [0.2, 0.25) is 10.0 Å². The Morgan fingerprint density at radius 2 is 2.05 bits per heavy atom. The minimum atomic E-state index is -3.35. The predicted molar refractivity (Wildman–Crippen MR) is 86.5 cm³/mol. The number of nitrogen functional groups attached to an aromatic ring is 1. The highest BCUT2D eigenvalue weighted by Gasteiger charge is 2.35. The van der Waals surface area contributed by atoms with Crippen molar-refractivity contribution in [1.82, 2.24) is 4.31 Å². The Balaban J connectivity index is 1.86. The third-order valence-corrected chi connectivity index (χ3v) is 6.63. The van der Waals surface area contributed by atoms with Crippen molar-refractivity contribution in [3.8, 4) is 0 Å². The normalized spacial score (nSPS) is 19.9. The highest BCUT2D eigenvalue weighted by Crippen LogP contribution is 2.37. The number of nitrogens with two attached hydrogens (primary N) is 1. The van der Waals surface area contributed by atoms with Crippen LogP contribution in [0.3, 0.4) is 0 Å². The van der Waals surface area contributed by atoms with E-state index >= 15 is 0 Å². The van der Waals surface area contributed by atoms with Gasteiger partial charge in [-0.15, -0.1) is 11.3 Å². The van der Waals surface area contributed by atoms with Gasteiger partial charge in [-0.1, -0.05) is 24.3 Å². The first kappa shape index (κ1) is 14.6. The van der Waals surface area contributed by atoms with Gasteiger partial charge in [0.1, 0.15) is 0 Å². The van der Waals surface area contributed by atoms with Crippen molar-refractivity contribution in [3.63, 3.8) is 0 Å². The van der Waals surface area contributed by atoms with Gasteiger partial charge in [0, 0.05) is 17.1 Å². The van der Waals surface area contributed by atoms with Crippen molar-refractivity contribution < 1.29 is 8.42 Å². The first-order valence-electron chi connectivity index (χ1n) is 6.94. The van der Waals surface area contributed by atoms with Crippen LogP contribution in [-0.4, -0.2) is 19.3 Å². The van der Waals surface area contributed by atoms with Gasteiger partial charge in [-0.25, -0.2) is 8.42 Å². The topological polar surface area (TPSA) is 63.4 Å². The van der Waals surface area contributed by atoms with Gasteiger partial charge >= 0.3 is 0 Å². The zero-order valence-corrected chi connectivity index (χ0v) is 13.2. The van der Waals surface area contributed by atoms with Crippen LogP contribution >= 0.6 is 11.3 Å². The molecule has 2 N–H and O–H groups in total. The molecule has 1 atom stereocenters. The van der Waals surface area contributed by atoms with E-state index in [1.54, 1.807) is 27.8 Å². The number of thiophene rings is 1. The minimum absolute atomic E-state index is 0.0139. The maximum Gasteiger partial charge on any atom is 0.218 e. The Labute approximate surface area is 129 Å². The van der Waals surface area contributed by atoms with E-state index < -0.39 is 10.0 Å². The summed E-state index contributed by atoms with van der Waals surface area (Å²) in [7, 11) is -3.35. The summed E-state index contributed by atoms with van der Waals surface area (Å²) in [4.78, 5) is 1.12. The van der Waals surface area contributed by atoms with E-state index in [0.717, 1.165) is 17.7 Å². The molecule has 6 heteroatoms. The van der Waals surface area contributed by atoms with Gasteiger partial charge in [-0.3, -0.25) is 0 Å². The summed E-state index contributed by atoms with van der Waals surface area (Å²) >= 11 is 1.62. The fourth-order valence-electron chi connectivity index (χ4n) is 2.78. The van der Waals surface area contributed by atoms with Crippen molar-refractivity contribution in [2.24, 2.45) is 0 Å². The fraction of sp³-hybridized carbons (Fsp3) is 0.333. The fourth-order valence-corrected chi connectivity index (χ4v) is 5.56. The van der Waals surface area contributed by atoms with Crippen molar-refractivity contribution in [2.75, 3.05) is 12.3 Å². The van der Waals surface area contributed by atoms with E-state index in [1.807, 2.05) is 29.6 Å². The second-order valence-electron chi connectivity index (χ2n) is 5.24. The first-order chi connectivity index (χ1) is 10.1. The van der Waals surface area contributed by atoms with Crippen LogP contribution in [0.1, 0.15) is 29.3 Å². The monoisotopic (exact) mass is 322 g/mol. The predicted octanol–water partition coefficient (Wildman–Crippen LogP) is 3.00. The van der Waals surface area contributed by atoms with E-state index in [9.17, 15) is 8.42 Å². The molecule has 0 amide bonds. The molecule has 0 spiro atoms. The average Bonchev–Trinajstić information content (AvgIpc) is 3.11. The number of sulfonamides is 1. The van der Waals surface area contributed by atoms with Crippen LogP contribution in [0.5, 0.6) is 0 Å². The third kappa shape index (κ3) is 2.97. The van der Waals surface area contributed by atoms with Crippen molar-refractivity contribution in [1.29, 1.82) is 0 Å². The number of nitrogens with zero attached hydrogens (tertiary/aromatic N) is 1. The number of benzene rings is 1. The zero-order valence-electron chi connectivity index (χ0n) is 11.6. The Bertz CT molecular complexity index is 711. The largest absolute Gasteiger partial charge is 0.398 e. The molecule has 21 heavy (non-hydrogen) atoms. The molecule has 1 aliphatic heterocycles. The van der Waals surface area contributed by atoms with Gasteiger partial charge < -0.3 is 5.73 Å². The molecule has 3 rings (SSSR count). The smallest absolute Gasteiger partial charge is 0.218 e. The van der Waals surface area contributed by atoms with Crippen LogP contribution in [-0.2, 0) is 15.8 Å². The molecule has 0 saturated carbocycles. The van der Waals surface area contributed by atoms with Gasteiger partial charge in [-0.05, 0) is 35.9 Å². The maximum absolute atomic E-state index is 12.7. The second-order valence-corrected chi connectivity index (χ2v) is 8.14. The minimum Gasteiger partial charge on any atom is -0.398 e. The van der Waals surface area contributed by atoms with Crippen molar-refractivity contribution in [2.45, 2.75) is 24.6 Å². The number of para-hydroxylation sites is 1. The Morgan fingerprint density at radius 3 is 2.76 bits per heavy atom. The van der Waals surface area contributed by atoms with Gasteiger partial charge in [-0.2, -0.15) is 4.31 Å². The Morgan fingerprint density at radius 1 is 1.24 bits per heavy atom. The molecule has 1 aromatic carbocycles. The second kappa shape index (κ2) is 5.79. The van der Waals surface area contributed by atoms with Crippen molar-refractivity contribution >= 4 is 27.0 Å². The molecular weight excluding hydrogens is 304 g/mol. The number of anilines is 1. The molecular formula is C15H18N2O2S2. The number of hydrogen-bond donors (Lipinski definition) is 1. The molecule has 0 aliphatic carbocycles. The molecule has 1 fully saturated rings. The lowest BCUT2D eigenvalue weighted by Crippen LogP contribution is -2.31. The summed E-state index contributed by atoms with van der Waals surface area (Å²) < 4.78 is 27.1. The molecule has 1 unspecified atom stereocenters. The average molecular weight is 322 g/mol. The van der Waals surface area contributed by atoms with Crippen LogP contribution in [0, 0.1) is 0 Å². The molecule has 2 aromatic rings. The van der Waals surface area contributed by atoms with E-state index in [1.165, 1.54) is 0 Å². The molecule has 0 bridgehead atoms. The maximum atomic E-state index is 12.7. The lowest BCUT2D eigenvalue weighted by atomic mass is 10.2. The SMILES string of the molecule is Nc1ccccc1CS(=O)(=O)N1CCCC1c1cccs1. The van der Waals surface area contributed by atoms with Gasteiger partial charge in [0.05, 0.1) is 11.8 Å². The van der Waals surface area contributed by atoms with Crippen LogP contribution in [0.15, 0.2) is 41.8 Å². The van der Waals surface area contributed by atoms with E-state index in [2.05, 4.69) is 0 Å². The quantitative estimate of drug-likeness (QED) is 0.880. The van der Waals surface area contributed by atoms with E-state index in [-0.39, 0.29) is 11.8 Å². The summed E-state index contributed by atoms with van der Waals surface area (Å²) in [5.74, 6) is -0.0262. The molecule has 112 valence electrons. The number of hydrogen-bond acceptors (Lipinski definition) is 4. The molecule has 0 radical (unpaired) electrons. The molecule has 1 saturated heterocycles. The summed E-state index contributed by atoms with van der Waals surface area (Å²) in [6.45, 7) is 0.595. The standard InChI is InChI=1S/C15H18N2O2S2/c16-13-6-2-1-5-12(13)11-21(18,19)17-9-3-7-14(17)15-8-4-10-20-15/h1-2,4-6,8,10,14H,3,7,9,11,16H2. The third-order valence-electron chi connectivity index (χ3n) is 3.83. The van der Waals surface area contributed by atoms with Crippen LogP contribution in [0.2, 0.25) is 0 Å². The number of rotatable bonds is 4. The highest BCUT2D eigenvalue weighted by atomic mass is 32.2. The zero-order chi connectivity index (χ0) is 14.9. The molecule has 4 nitrogen and oxygen atoms in total. The van der Waals surface area contributed by atoms with E-state index in [4.69, 9.17) is 5.73 Å².